The van der Waals surface area contributed by atoms with Gasteiger partial charge >= 0.3 is 5.97 Å². The molecule has 1 amide bonds. The van der Waals surface area contributed by atoms with Gasteiger partial charge in [0.05, 0.1) is 0 Å². The molecule has 1 saturated heterocycles. The quantitative estimate of drug-likeness (QED) is 0.584. The highest BCUT2D eigenvalue weighted by molar-refractivity contribution is 5.94. The molecule has 0 aromatic carbocycles. The monoisotopic (exact) mass is 198 g/mol. The van der Waals surface area contributed by atoms with Gasteiger partial charge in [0.15, 0.2) is 0 Å². The van der Waals surface area contributed by atoms with E-state index in [-0.39, 0.29) is 11.9 Å². The molecule has 0 aliphatic carbocycles. The van der Waals surface area contributed by atoms with Gasteiger partial charge in [-0.1, -0.05) is 0 Å². The second kappa shape index (κ2) is 4.76. The average Bonchev–Trinajstić information content (AvgIpc) is 2.15. The van der Waals surface area contributed by atoms with Crippen LogP contribution in [0.1, 0.15) is 6.92 Å². The van der Waals surface area contributed by atoms with Crippen molar-refractivity contribution >= 4 is 11.9 Å². The molecular formula is C9H14N2O3. The van der Waals surface area contributed by atoms with Crippen molar-refractivity contribution in [1.82, 2.24) is 10.2 Å². The Morgan fingerprint density at radius 3 is 2.79 bits per heavy atom. The van der Waals surface area contributed by atoms with Crippen LogP contribution in [0.25, 0.3) is 0 Å². The van der Waals surface area contributed by atoms with Crippen LogP contribution in [-0.4, -0.2) is 47.6 Å². The van der Waals surface area contributed by atoms with Crippen molar-refractivity contribution in [2.45, 2.75) is 13.0 Å². The van der Waals surface area contributed by atoms with Gasteiger partial charge < -0.3 is 15.3 Å². The molecule has 0 bridgehead atoms. The molecule has 5 nitrogen and oxygen atoms in total. The third-order valence-corrected chi connectivity index (χ3v) is 2.15. The molecule has 0 aromatic rings. The number of carboxylic acids is 1. The van der Waals surface area contributed by atoms with E-state index >= 15 is 0 Å². The van der Waals surface area contributed by atoms with Crippen molar-refractivity contribution in [2.75, 3.05) is 19.6 Å². The minimum absolute atomic E-state index is 0.120. The van der Waals surface area contributed by atoms with Gasteiger partial charge in [0, 0.05) is 37.8 Å². The van der Waals surface area contributed by atoms with Crippen molar-refractivity contribution in [3.8, 4) is 0 Å². The molecule has 0 aromatic heterocycles. The highest BCUT2D eigenvalue weighted by atomic mass is 16.4. The van der Waals surface area contributed by atoms with Crippen molar-refractivity contribution in [3.63, 3.8) is 0 Å². The van der Waals surface area contributed by atoms with E-state index in [1.807, 2.05) is 6.92 Å². The fourth-order valence-electron chi connectivity index (χ4n) is 1.41. The van der Waals surface area contributed by atoms with E-state index in [9.17, 15) is 9.59 Å². The summed E-state index contributed by atoms with van der Waals surface area (Å²) >= 11 is 0. The van der Waals surface area contributed by atoms with E-state index in [2.05, 4.69) is 5.32 Å². The van der Waals surface area contributed by atoms with Gasteiger partial charge in [-0.15, -0.1) is 0 Å². The maximum atomic E-state index is 11.5. The maximum absolute atomic E-state index is 11.5. The number of piperazine rings is 1. The number of carbonyl (C=O) groups is 2. The fourth-order valence-corrected chi connectivity index (χ4v) is 1.41. The van der Waals surface area contributed by atoms with Crippen LogP contribution in [0.2, 0.25) is 0 Å². The molecule has 1 fully saturated rings. The van der Waals surface area contributed by atoms with E-state index in [0.29, 0.717) is 6.54 Å². The summed E-state index contributed by atoms with van der Waals surface area (Å²) in [7, 11) is 0. The van der Waals surface area contributed by atoms with Gasteiger partial charge in [-0.05, 0) is 6.92 Å². The first-order valence-electron chi connectivity index (χ1n) is 4.53. The molecule has 1 rings (SSSR count). The molecule has 14 heavy (non-hydrogen) atoms. The second-order valence-corrected chi connectivity index (χ2v) is 3.26. The first-order valence-corrected chi connectivity index (χ1v) is 4.53. The summed E-state index contributed by atoms with van der Waals surface area (Å²) in [5.41, 5.74) is 0. The van der Waals surface area contributed by atoms with E-state index in [0.717, 1.165) is 25.2 Å². The summed E-state index contributed by atoms with van der Waals surface area (Å²) in [6.07, 6.45) is 1.97. The highest BCUT2D eigenvalue weighted by Crippen LogP contribution is 2.03. The highest BCUT2D eigenvalue weighted by Gasteiger charge is 2.20. The Kier molecular flexibility index (Phi) is 3.64. The van der Waals surface area contributed by atoms with Crippen LogP contribution < -0.4 is 5.32 Å². The summed E-state index contributed by atoms with van der Waals surface area (Å²) in [5.74, 6) is -1.33. The Morgan fingerprint density at radius 1 is 1.50 bits per heavy atom. The fraction of sp³-hybridized carbons (Fsp3) is 0.556. The second-order valence-electron chi connectivity index (χ2n) is 3.26. The van der Waals surface area contributed by atoms with Crippen molar-refractivity contribution in [1.29, 1.82) is 0 Å². The zero-order valence-corrected chi connectivity index (χ0v) is 8.06. The zero-order chi connectivity index (χ0) is 10.6. The molecule has 1 heterocycles. The molecule has 1 atom stereocenters. The number of nitrogens with one attached hydrogen (secondary N) is 1. The maximum Gasteiger partial charge on any atom is 0.328 e. The SMILES string of the molecule is C[C@H]1CNCCN1C(=O)/C=C/C(=O)O. The Morgan fingerprint density at radius 2 is 2.21 bits per heavy atom. The minimum Gasteiger partial charge on any atom is -0.478 e. The minimum atomic E-state index is -1.10. The van der Waals surface area contributed by atoms with Gasteiger partial charge in [-0.25, -0.2) is 4.79 Å². The topological polar surface area (TPSA) is 69.6 Å². The van der Waals surface area contributed by atoms with E-state index in [1.165, 1.54) is 0 Å². The summed E-state index contributed by atoms with van der Waals surface area (Å²) in [5, 5.41) is 11.5. The van der Waals surface area contributed by atoms with Gasteiger partial charge in [-0.2, -0.15) is 0 Å². The van der Waals surface area contributed by atoms with Gasteiger partial charge in [0.2, 0.25) is 5.91 Å². The smallest absolute Gasteiger partial charge is 0.328 e. The Balaban J connectivity index is 2.54. The molecular weight excluding hydrogens is 184 g/mol. The molecule has 2 N–H and O–H groups in total. The van der Waals surface area contributed by atoms with Crippen LogP contribution in [0.4, 0.5) is 0 Å². The Bertz CT molecular complexity index is 263. The van der Waals surface area contributed by atoms with Crippen LogP contribution >= 0.6 is 0 Å². The van der Waals surface area contributed by atoms with E-state index < -0.39 is 5.97 Å². The lowest BCUT2D eigenvalue weighted by Gasteiger charge is -2.33. The number of carboxylic acid groups (broad SMARTS) is 1. The normalized spacial score (nSPS) is 22.6. The molecule has 78 valence electrons. The van der Waals surface area contributed by atoms with Gasteiger partial charge in [-0.3, -0.25) is 4.79 Å². The van der Waals surface area contributed by atoms with Gasteiger partial charge in [0.1, 0.15) is 0 Å². The third-order valence-electron chi connectivity index (χ3n) is 2.15. The molecule has 1 aliphatic rings. The zero-order valence-electron chi connectivity index (χ0n) is 8.06. The van der Waals surface area contributed by atoms with Crippen LogP contribution in [0.3, 0.4) is 0 Å². The van der Waals surface area contributed by atoms with E-state index in [1.54, 1.807) is 4.90 Å². The number of rotatable bonds is 2. The van der Waals surface area contributed by atoms with E-state index in [4.69, 9.17) is 5.11 Å². The Hall–Kier alpha value is -1.36. The summed E-state index contributed by atoms with van der Waals surface area (Å²) in [6, 6.07) is 0.120. The van der Waals surface area contributed by atoms with Crippen molar-refractivity contribution < 1.29 is 14.7 Å². The standard InChI is InChI=1S/C9H14N2O3/c1-7-6-10-4-5-11(7)8(12)2-3-9(13)14/h2-3,7,10H,4-6H2,1H3,(H,13,14)/b3-2+/t7-/m0/s1. The predicted octanol–water partition coefficient (Wildman–Crippen LogP) is -0.552. The number of aliphatic carboxylic acids is 1. The average molecular weight is 198 g/mol. The van der Waals surface area contributed by atoms with Crippen molar-refractivity contribution in [3.05, 3.63) is 12.2 Å². The molecule has 5 heteroatoms. The molecule has 1 aliphatic heterocycles. The number of nitrogens with zero attached hydrogens (tertiary/aromatic N) is 1. The third kappa shape index (κ3) is 2.85. The van der Waals surface area contributed by atoms with Crippen LogP contribution in [0, 0.1) is 0 Å². The summed E-state index contributed by atoms with van der Waals surface area (Å²) in [4.78, 5) is 23.3. The first kappa shape index (κ1) is 10.7. The molecule has 0 radical (unpaired) electrons. The number of carbonyl (C=O) groups excluding carboxylic acids is 1. The molecule has 0 saturated carbocycles. The molecule has 0 unspecified atom stereocenters. The lowest BCUT2D eigenvalue weighted by Crippen LogP contribution is -2.51. The first-order chi connectivity index (χ1) is 6.61. The molecule has 0 spiro atoms. The number of amides is 1. The number of hydrogen-bond donors (Lipinski definition) is 2. The summed E-state index contributed by atoms with van der Waals surface area (Å²) in [6.45, 7) is 4.08. The van der Waals surface area contributed by atoms with Gasteiger partial charge in [0.25, 0.3) is 0 Å². The lowest BCUT2D eigenvalue weighted by molar-refractivity contribution is -0.133. The van der Waals surface area contributed by atoms with Crippen molar-refractivity contribution in [2.24, 2.45) is 0 Å². The lowest BCUT2D eigenvalue weighted by atomic mass is 10.2. The summed E-state index contributed by atoms with van der Waals surface area (Å²) < 4.78 is 0. The number of hydrogen-bond acceptors (Lipinski definition) is 3. The van der Waals surface area contributed by atoms with Crippen LogP contribution in [-0.2, 0) is 9.59 Å². The van der Waals surface area contributed by atoms with Crippen LogP contribution in [0.5, 0.6) is 0 Å². The largest absolute Gasteiger partial charge is 0.478 e. The predicted molar refractivity (Wildman–Crippen MR) is 50.8 cm³/mol. The Labute approximate surface area is 82.4 Å². The van der Waals surface area contributed by atoms with Crippen LogP contribution in [0.15, 0.2) is 12.2 Å².